The summed E-state index contributed by atoms with van der Waals surface area (Å²) in [6, 6.07) is 12.8. The quantitative estimate of drug-likeness (QED) is 0.665. The van der Waals surface area contributed by atoms with Gasteiger partial charge in [0.2, 0.25) is 11.7 Å². The van der Waals surface area contributed by atoms with Crippen LogP contribution in [-0.2, 0) is 6.54 Å². The number of ether oxygens (including phenoxy) is 2. The first-order valence-corrected chi connectivity index (χ1v) is 8.39. The summed E-state index contributed by atoms with van der Waals surface area (Å²) in [5.74, 6) is 1.86. The minimum absolute atomic E-state index is 0.107. The lowest BCUT2D eigenvalue weighted by Gasteiger charge is -2.14. The Kier molecular flexibility index (Phi) is 5.40. The zero-order chi connectivity index (χ0) is 19.4. The third-order valence-corrected chi connectivity index (χ3v) is 4.09. The molecule has 1 heterocycles. The van der Waals surface area contributed by atoms with Crippen molar-refractivity contribution in [3.63, 3.8) is 0 Å². The highest BCUT2D eigenvalue weighted by Crippen LogP contribution is 2.31. The molecule has 0 saturated carbocycles. The van der Waals surface area contributed by atoms with Gasteiger partial charge in [-0.05, 0) is 37.3 Å². The van der Waals surface area contributed by atoms with E-state index in [-0.39, 0.29) is 12.5 Å². The summed E-state index contributed by atoms with van der Waals surface area (Å²) in [7, 11) is 4.84. The van der Waals surface area contributed by atoms with Crippen LogP contribution < -0.4 is 9.47 Å². The summed E-state index contributed by atoms with van der Waals surface area (Å²) in [6.45, 7) is 2.16. The zero-order valence-corrected chi connectivity index (χ0v) is 15.7. The number of hydrogen-bond acceptors (Lipinski definition) is 6. The second-order valence-electron chi connectivity index (χ2n) is 6.11. The number of rotatable bonds is 6. The van der Waals surface area contributed by atoms with Gasteiger partial charge >= 0.3 is 0 Å². The molecular formula is C20H21N3O4. The fraction of sp³-hybridized carbons (Fsp3) is 0.250. The minimum Gasteiger partial charge on any atom is -0.493 e. The van der Waals surface area contributed by atoms with E-state index in [2.05, 4.69) is 10.1 Å². The monoisotopic (exact) mass is 367 g/mol. The molecule has 0 N–H and O–H groups in total. The molecule has 3 aromatic rings. The van der Waals surface area contributed by atoms with Crippen molar-refractivity contribution in [2.24, 2.45) is 0 Å². The van der Waals surface area contributed by atoms with Crippen LogP contribution in [0.3, 0.4) is 0 Å². The summed E-state index contributed by atoms with van der Waals surface area (Å²) in [5, 5.41) is 4.00. The van der Waals surface area contributed by atoms with Crippen LogP contribution >= 0.6 is 0 Å². The molecule has 7 nitrogen and oxygen atoms in total. The molecule has 27 heavy (non-hydrogen) atoms. The SMILES string of the molecule is COc1ccc(-c2noc(CN(C)C(=O)c3cccc(C)c3)n2)cc1OC. The molecule has 0 fully saturated rings. The first-order chi connectivity index (χ1) is 13.0. The molecule has 1 amide bonds. The van der Waals surface area contributed by atoms with E-state index < -0.39 is 0 Å². The first kappa shape index (κ1) is 18.4. The normalized spacial score (nSPS) is 10.5. The largest absolute Gasteiger partial charge is 0.493 e. The highest BCUT2D eigenvalue weighted by molar-refractivity contribution is 5.94. The maximum absolute atomic E-state index is 12.5. The van der Waals surface area contributed by atoms with E-state index in [1.165, 1.54) is 0 Å². The number of nitrogens with zero attached hydrogens (tertiary/aromatic N) is 3. The predicted molar refractivity (Wildman–Crippen MR) is 99.8 cm³/mol. The minimum atomic E-state index is -0.107. The molecule has 0 bridgehead atoms. The molecule has 2 aromatic carbocycles. The lowest BCUT2D eigenvalue weighted by atomic mass is 10.1. The van der Waals surface area contributed by atoms with Crippen molar-refractivity contribution in [3.05, 3.63) is 59.5 Å². The van der Waals surface area contributed by atoms with E-state index in [1.54, 1.807) is 44.4 Å². The van der Waals surface area contributed by atoms with Crippen LogP contribution in [0.5, 0.6) is 11.5 Å². The third-order valence-electron chi connectivity index (χ3n) is 4.09. The standard InChI is InChI=1S/C20H21N3O4/c1-13-6-5-7-15(10-13)20(24)23(2)12-18-21-19(22-27-18)14-8-9-16(25-3)17(11-14)26-4/h5-11H,12H2,1-4H3. The summed E-state index contributed by atoms with van der Waals surface area (Å²) in [4.78, 5) is 18.5. The Morgan fingerprint density at radius 2 is 1.89 bits per heavy atom. The second-order valence-corrected chi connectivity index (χ2v) is 6.11. The summed E-state index contributed by atoms with van der Waals surface area (Å²) in [5.41, 5.74) is 2.38. The van der Waals surface area contributed by atoms with E-state index in [0.29, 0.717) is 28.8 Å². The number of aryl methyl sites for hydroxylation is 1. The van der Waals surface area contributed by atoms with Gasteiger partial charge in [-0.15, -0.1) is 0 Å². The molecule has 140 valence electrons. The molecule has 0 aliphatic rings. The number of carbonyl (C=O) groups is 1. The van der Waals surface area contributed by atoms with E-state index in [0.717, 1.165) is 11.1 Å². The highest BCUT2D eigenvalue weighted by Gasteiger charge is 2.17. The van der Waals surface area contributed by atoms with E-state index in [4.69, 9.17) is 14.0 Å². The van der Waals surface area contributed by atoms with Crippen molar-refractivity contribution in [1.82, 2.24) is 15.0 Å². The molecule has 7 heteroatoms. The maximum Gasteiger partial charge on any atom is 0.254 e. The van der Waals surface area contributed by atoms with Crippen LogP contribution in [0.15, 0.2) is 47.0 Å². The van der Waals surface area contributed by atoms with Gasteiger partial charge in [-0.3, -0.25) is 4.79 Å². The van der Waals surface area contributed by atoms with Crippen LogP contribution in [0, 0.1) is 6.92 Å². The van der Waals surface area contributed by atoms with Crippen LogP contribution in [0.2, 0.25) is 0 Å². The molecule has 0 atom stereocenters. The van der Waals surface area contributed by atoms with Gasteiger partial charge in [0, 0.05) is 18.2 Å². The highest BCUT2D eigenvalue weighted by atomic mass is 16.5. The molecule has 0 saturated heterocycles. The van der Waals surface area contributed by atoms with Crippen molar-refractivity contribution < 1.29 is 18.8 Å². The summed E-state index contributed by atoms with van der Waals surface area (Å²) < 4.78 is 15.8. The average molecular weight is 367 g/mol. The molecule has 0 spiro atoms. The van der Waals surface area contributed by atoms with Gasteiger partial charge in [-0.25, -0.2) is 0 Å². The maximum atomic E-state index is 12.5. The van der Waals surface area contributed by atoms with Gasteiger partial charge in [-0.2, -0.15) is 4.98 Å². The molecule has 0 aliphatic carbocycles. The number of amides is 1. The molecule has 3 rings (SSSR count). The molecule has 0 aliphatic heterocycles. The van der Waals surface area contributed by atoms with Gasteiger partial charge in [0.1, 0.15) is 0 Å². The number of aromatic nitrogens is 2. The molecule has 0 radical (unpaired) electrons. The van der Waals surface area contributed by atoms with Crippen molar-refractivity contribution in [1.29, 1.82) is 0 Å². The Morgan fingerprint density at radius 3 is 2.59 bits per heavy atom. The number of hydrogen-bond donors (Lipinski definition) is 0. The Balaban J connectivity index is 1.75. The number of methoxy groups -OCH3 is 2. The summed E-state index contributed by atoms with van der Waals surface area (Å²) >= 11 is 0. The van der Waals surface area contributed by atoms with Crippen LogP contribution in [-0.4, -0.2) is 42.2 Å². The molecule has 1 aromatic heterocycles. The van der Waals surface area contributed by atoms with Crippen molar-refractivity contribution >= 4 is 5.91 Å². The Bertz CT molecular complexity index is 952. The van der Waals surface area contributed by atoms with Crippen LogP contribution in [0.1, 0.15) is 21.8 Å². The fourth-order valence-corrected chi connectivity index (χ4v) is 2.68. The second kappa shape index (κ2) is 7.90. The average Bonchev–Trinajstić information content (AvgIpc) is 3.15. The predicted octanol–water partition coefficient (Wildman–Crippen LogP) is 3.33. The van der Waals surface area contributed by atoms with Crippen molar-refractivity contribution in [2.75, 3.05) is 21.3 Å². The van der Waals surface area contributed by atoms with Gasteiger partial charge in [-0.1, -0.05) is 22.9 Å². The van der Waals surface area contributed by atoms with E-state index in [1.807, 2.05) is 31.2 Å². The molecule has 0 unspecified atom stereocenters. The number of carbonyl (C=O) groups excluding carboxylic acids is 1. The first-order valence-electron chi connectivity index (χ1n) is 8.39. The zero-order valence-electron chi connectivity index (χ0n) is 15.7. The lowest BCUT2D eigenvalue weighted by molar-refractivity contribution is 0.0769. The van der Waals surface area contributed by atoms with Gasteiger partial charge in [0.05, 0.1) is 20.8 Å². The lowest BCUT2D eigenvalue weighted by Crippen LogP contribution is -2.26. The van der Waals surface area contributed by atoms with Gasteiger partial charge in [0.25, 0.3) is 5.91 Å². The van der Waals surface area contributed by atoms with Crippen molar-refractivity contribution in [2.45, 2.75) is 13.5 Å². The number of benzene rings is 2. The van der Waals surface area contributed by atoms with Gasteiger partial charge < -0.3 is 18.9 Å². The fourth-order valence-electron chi connectivity index (χ4n) is 2.68. The Morgan fingerprint density at radius 1 is 1.11 bits per heavy atom. The third kappa shape index (κ3) is 4.08. The smallest absolute Gasteiger partial charge is 0.254 e. The topological polar surface area (TPSA) is 77.7 Å². The van der Waals surface area contributed by atoms with E-state index >= 15 is 0 Å². The van der Waals surface area contributed by atoms with Gasteiger partial charge in [0.15, 0.2) is 11.5 Å². The Labute approximate surface area is 157 Å². The van der Waals surface area contributed by atoms with Crippen LogP contribution in [0.25, 0.3) is 11.4 Å². The Hall–Kier alpha value is -3.35. The molecular weight excluding hydrogens is 346 g/mol. The summed E-state index contributed by atoms with van der Waals surface area (Å²) in [6.07, 6.45) is 0. The van der Waals surface area contributed by atoms with Crippen LogP contribution in [0.4, 0.5) is 0 Å². The van der Waals surface area contributed by atoms with Crippen molar-refractivity contribution in [3.8, 4) is 22.9 Å². The van der Waals surface area contributed by atoms with E-state index in [9.17, 15) is 4.79 Å².